The first-order chi connectivity index (χ1) is 9.70. The summed E-state index contributed by atoms with van der Waals surface area (Å²) in [6.07, 6.45) is 2.79. The number of phenolic OH excluding ortho intramolecular Hbond substituents is 1. The van der Waals surface area contributed by atoms with Crippen LogP contribution in [-0.2, 0) is 6.54 Å². The van der Waals surface area contributed by atoms with Gasteiger partial charge >= 0.3 is 0 Å². The molecule has 5 heteroatoms. The van der Waals surface area contributed by atoms with E-state index < -0.39 is 0 Å². The van der Waals surface area contributed by atoms with Crippen LogP contribution in [0.2, 0.25) is 0 Å². The molecule has 0 aliphatic carbocycles. The van der Waals surface area contributed by atoms with E-state index >= 15 is 0 Å². The molecule has 1 aromatic carbocycles. The van der Waals surface area contributed by atoms with Gasteiger partial charge in [-0.25, -0.2) is 9.97 Å². The fraction of sp³-hybridized carbons (Fsp3) is 0.200. The first kappa shape index (κ1) is 13.4. The van der Waals surface area contributed by atoms with Crippen LogP contribution in [0.5, 0.6) is 5.75 Å². The number of phenols is 1. The lowest BCUT2D eigenvalue weighted by Crippen LogP contribution is -2.00. The predicted octanol–water partition coefficient (Wildman–Crippen LogP) is 3.82. The van der Waals surface area contributed by atoms with Crippen LogP contribution in [-0.4, -0.2) is 19.6 Å². The number of fused-ring (bicyclic) bond motifs is 1. The topological polar surface area (TPSA) is 50.9 Å². The van der Waals surface area contributed by atoms with Crippen molar-refractivity contribution < 1.29 is 5.11 Å². The van der Waals surface area contributed by atoms with E-state index in [9.17, 15) is 5.11 Å². The van der Waals surface area contributed by atoms with Gasteiger partial charge < -0.3 is 9.67 Å². The van der Waals surface area contributed by atoms with Crippen molar-refractivity contribution in [2.75, 3.05) is 0 Å². The van der Waals surface area contributed by atoms with Crippen LogP contribution in [0.15, 0.2) is 36.5 Å². The molecule has 0 saturated carbocycles. The average molecular weight is 379 g/mol. The molecule has 0 saturated heterocycles. The molecule has 2 heterocycles. The molecule has 20 heavy (non-hydrogen) atoms. The number of hydrogen-bond acceptors (Lipinski definition) is 3. The van der Waals surface area contributed by atoms with E-state index in [1.165, 1.54) is 0 Å². The van der Waals surface area contributed by atoms with E-state index in [1.54, 1.807) is 12.3 Å². The van der Waals surface area contributed by atoms with Crippen molar-refractivity contribution in [2.45, 2.75) is 19.9 Å². The summed E-state index contributed by atoms with van der Waals surface area (Å²) in [5, 5.41) is 9.90. The monoisotopic (exact) mass is 379 g/mol. The minimum atomic E-state index is 0.283. The Kier molecular flexibility index (Phi) is 3.60. The highest BCUT2D eigenvalue weighted by Crippen LogP contribution is 2.29. The molecule has 0 radical (unpaired) electrons. The summed E-state index contributed by atoms with van der Waals surface area (Å²) in [6.45, 7) is 2.99. The lowest BCUT2D eigenvalue weighted by atomic mass is 10.2. The molecule has 0 bridgehead atoms. The number of aromatic hydroxyl groups is 1. The predicted molar refractivity (Wildman–Crippen MR) is 87.6 cm³/mol. The highest BCUT2D eigenvalue weighted by Gasteiger charge is 2.13. The van der Waals surface area contributed by atoms with Crippen LogP contribution in [0.4, 0.5) is 0 Å². The maximum absolute atomic E-state index is 9.90. The summed E-state index contributed by atoms with van der Waals surface area (Å²) in [4.78, 5) is 9.08. The second-order valence-corrected chi connectivity index (χ2v) is 5.76. The fourth-order valence-electron chi connectivity index (χ4n) is 2.27. The lowest BCUT2D eigenvalue weighted by Gasteiger charge is -2.08. The molecule has 0 amide bonds. The minimum absolute atomic E-state index is 0.283. The van der Waals surface area contributed by atoms with Crippen molar-refractivity contribution in [3.8, 4) is 17.1 Å². The Morgan fingerprint density at radius 1 is 1.30 bits per heavy atom. The Balaban J connectivity index is 2.23. The molecule has 3 rings (SSSR count). The van der Waals surface area contributed by atoms with Gasteiger partial charge in [-0.15, -0.1) is 0 Å². The zero-order valence-corrected chi connectivity index (χ0v) is 13.2. The quantitative estimate of drug-likeness (QED) is 0.704. The number of aryl methyl sites for hydroxylation is 1. The Hall–Kier alpha value is -1.63. The van der Waals surface area contributed by atoms with E-state index in [2.05, 4.69) is 44.0 Å². The normalized spacial score (nSPS) is 11.1. The van der Waals surface area contributed by atoms with Crippen molar-refractivity contribution >= 4 is 33.8 Å². The van der Waals surface area contributed by atoms with Gasteiger partial charge in [-0.2, -0.15) is 0 Å². The summed E-state index contributed by atoms with van der Waals surface area (Å²) < 4.78 is 2.94. The number of nitrogens with zero attached hydrogens (tertiary/aromatic N) is 3. The Morgan fingerprint density at radius 2 is 2.15 bits per heavy atom. The van der Waals surface area contributed by atoms with Gasteiger partial charge in [0.15, 0.2) is 5.65 Å². The zero-order chi connectivity index (χ0) is 14.1. The van der Waals surface area contributed by atoms with Gasteiger partial charge in [0.1, 0.15) is 17.1 Å². The van der Waals surface area contributed by atoms with Gasteiger partial charge in [-0.3, -0.25) is 0 Å². The molecule has 4 nitrogen and oxygen atoms in total. The highest BCUT2D eigenvalue weighted by atomic mass is 127. The van der Waals surface area contributed by atoms with E-state index in [-0.39, 0.29) is 5.75 Å². The SMILES string of the molecule is CCCn1c(-c2ccc(I)c(O)c2)nc2cccnc21. The molecular weight excluding hydrogens is 365 g/mol. The molecule has 0 aliphatic rings. The molecule has 102 valence electrons. The van der Waals surface area contributed by atoms with E-state index in [4.69, 9.17) is 0 Å². The Labute approximate surface area is 130 Å². The molecule has 0 atom stereocenters. The third-order valence-electron chi connectivity index (χ3n) is 3.16. The van der Waals surface area contributed by atoms with Gasteiger partial charge in [0, 0.05) is 18.3 Å². The van der Waals surface area contributed by atoms with E-state index in [0.717, 1.165) is 39.1 Å². The Bertz CT molecular complexity index is 767. The van der Waals surface area contributed by atoms with Gasteiger partial charge in [0.2, 0.25) is 0 Å². The van der Waals surface area contributed by atoms with Crippen LogP contribution in [0.1, 0.15) is 13.3 Å². The van der Waals surface area contributed by atoms with Gasteiger partial charge in [0.05, 0.1) is 3.57 Å². The van der Waals surface area contributed by atoms with E-state index in [1.807, 2.05) is 24.3 Å². The number of benzene rings is 1. The number of halogens is 1. The molecule has 0 unspecified atom stereocenters. The van der Waals surface area contributed by atoms with Gasteiger partial charge in [-0.1, -0.05) is 6.92 Å². The van der Waals surface area contributed by atoms with Crippen LogP contribution < -0.4 is 0 Å². The number of hydrogen-bond donors (Lipinski definition) is 1. The summed E-state index contributed by atoms with van der Waals surface area (Å²) in [6, 6.07) is 9.49. The van der Waals surface area contributed by atoms with Crippen molar-refractivity contribution in [3.05, 3.63) is 40.1 Å². The standard InChI is InChI=1S/C15H14IN3O/c1-2-8-19-14(10-5-6-11(16)13(20)9-10)18-12-4-3-7-17-15(12)19/h3-7,9,20H,2,8H2,1H3. The maximum Gasteiger partial charge on any atom is 0.160 e. The molecule has 0 aliphatic heterocycles. The largest absolute Gasteiger partial charge is 0.507 e. The summed E-state index contributed by atoms with van der Waals surface area (Å²) in [7, 11) is 0. The van der Waals surface area contributed by atoms with Gasteiger partial charge in [0.25, 0.3) is 0 Å². The minimum Gasteiger partial charge on any atom is -0.507 e. The zero-order valence-electron chi connectivity index (χ0n) is 11.0. The summed E-state index contributed by atoms with van der Waals surface area (Å²) >= 11 is 2.11. The number of rotatable bonds is 3. The van der Waals surface area contributed by atoms with Crippen LogP contribution in [0, 0.1) is 3.57 Å². The summed E-state index contributed by atoms with van der Waals surface area (Å²) in [5.41, 5.74) is 2.69. The lowest BCUT2D eigenvalue weighted by molar-refractivity contribution is 0.471. The fourth-order valence-corrected chi connectivity index (χ4v) is 2.60. The molecule has 0 spiro atoms. The average Bonchev–Trinajstić information content (AvgIpc) is 2.82. The first-order valence-corrected chi connectivity index (χ1v) is 7.58. The maximum atomic E-state index is 9.90. The van der Waals surface area contributed by atoms with Crippen LogP contribution in [0.25, 0.3) is 22.6 Å². The number of imidazole rings is 1. The molecule has 2 aromatic heterocycles. The van der Waals surface area contributed by atoms with Crippen molar-refractivity contribution in [2.24, 2.45) is 0 Å². The third kappa shape index (κ3) is 2.26. The first-order valence-electron chi connectivity index (χ1n) is 6.51. The van der Waals surface area contributed by atoms with Gasteiger partial charge in [-0.05, 0) is 59.3 Å². The van der Waals surface area contributed by atoms with Crippen molar-refractivity contribution in [1.82, 2.24) is 14.5 Å². The number of pyridine rings is 1. The third-order valence-corrected chi connectivity index (χ3v) is 4.07. The molecule has 1 N–H and O–H groups in total. The molecule has 0 fully saturated rings. The molecular formula is C15H14IN3O. The second kappa shape index (κ2) is 5.40. The van der Waals surface area contributed by atoms with Crippen molar-refractivity contribution in [3.63, 3.8) is 0 Å². The number of aromatic nitrogens is 3. The van der Waals surface area contributed by atoms with Crippen LogP contribution in [0.3, 0.4) is 0 Å². The van der Waals surface area contributed by atoms with E-state index in [0.29, 0.717) is 0 Å². The summed E-state index contributed by atoms with van der Waals surface area (Å²) in [5.74, 6) is 1.14. The van der Waals surface area contributed by atoms with Crippen LogP contribution >= 0.6 is 22.6 Å². The second-order valence-electron chi connectivity index (χ2n) is 4.60. The Morgan fingerprint density at radius 3 is 2.90 bits per heavy atom. The van der Waals surface area contributed by atoms with Crippen molar-refractivity contribution in [1.29, 1.82) is 0 Å². The smallest absolute Gasteiger partial charge is 0.160 e. The highest BCUT2D eigenvalue weighted by molar-refractivity contribution is 14.1. The molecule has 3 aromatic rings.